The maximum Gasteiger partial charge on any atom is 0.257 e. The van der Waals surface area contributed by atoms with E-state index < -0.39 is 11.7 Å². The fraction of sp³-hybridized carbons (Fsp3) is 0.143. The molecular formula is C14H13BrFN3O. The van der Waals surface area contributed by atoms with Gasteiger partial charge < -0.3 is 10.2 Å². The van der Waals surface area contributed by atoms with Crippen molar-refractivity contribution in [2.75, 3.05) is 24.3 Å². The van der Waals surface area contributed by atoms with Crippen LogP contribution in [0, 0.1) is 5.82 Å². The van der Waals surface area contributed by atoms with Crippen LogP contribution in [0.4, 0.5) is 15.9 Å². The average Bonchev–Trinajstić information content (AvgIpc) is 2.37. The summed E-state index contributed by atoms with van der Waals surface area (Å²) < 4.78 is 13.8. The molecule has 2 rings (SSSR count). The molecule has 1 aromatic heterocycles. The monoisotopic (exact) mass is 337 g/mol. The molecule has 0 aliphatic carbocycles. The summed E-state index contributed by atoms with van der Waals surface area (Å²) in [7, 11) is 3.71. The Bertz CT molecular complexity index is 626. The summed E-state index contributed by atoms with van der Waals surface area (Å²) >= 11 is 3.16. The Morgan fingerprint density at radius 1 is 1.35 bits per heavy atom. The van der Waals surface area contributed by atoms with E-state index in [0.29, 0.717) is 10.3 Å². The van der Waals surface area contributed by atoms with Crippen molar-refractivity contribution < 1.29 is 9.18 Å². The highest BCUT2D eigenvalue weighted by atomic mass is 79.9. The van der Waals surface area contributed by atoms with Crippen LogP contribution in [0.15, 0.2) is 41.0 Å². The van der Waals surface area contributed by atoms with Crippen molar-refractivity contribution in [3.05, 3.63) is 52.4 Å². The van der Waals surface area contributed by atoms with Crippen molar-refractivity contribution >= 4 is 33.3 Å². The summed E-state index contributed by atoms with van der Waals surface area (Å²) in [5.41, 5.74) is 1.00. The first-order valence-electron chi connectivity index (χ1n) is 5.87. The Labute approximate surface area is 124 Å². The molecule has 0 atom stereocenters. The van der Waals surface area contributed by atoms with E-state index in [9.17, 15) is 9.18 Å². The molecule has 104 valence electrons. The second-order valence-electron chi connectivity index (χ2n) is 4.38. The third-order valence-electron chi connectivity index (χ3n) is 2.62. The normalized spacial score (nSPS) is 10.2. The number of carbonyl (C=O) groups is 1. The van der Waals surface area contributed by atoms with E-state index in [0.717, 1.165) is 5.69 Å². The van der Waals surface area contributed by atoms with Gasteiger partial charge in [-0.15, -0.1) is 0 Å². The number of hydrogen-bond acceptors (Lipinski definition) is 3. The van der Waals surface area contributed by atoms with Crippen LogP contribution < -0.4 is 10.2 Å². The fourth-order valence-electron chi connectivity index (χ4n) is 1.72. The molecule has 0 saturated heterocycles. The Morgan fingerprint density at radius 2 is 2.10 bits per heavy atom. The fourth-order valence-corrected chi connectivity index (χ4v) is 2.18. The summed E-state index contributed by atoms with van der Waals surface area (Å²) in [6.07, 6.45) is 1.59. The van der Waals surface area contributed by atoms with Gasteiger partial charge in [-0.3, -0.25) is 4.79 Å². The van der Waals surface area contributed by atoms with Gasteiger partial charge >= 0.3 is 0 Å². The van der Waals surface area contributed by atoms with Gasteiger partial charge in [0.2, 0.25) is 0 Å². The van der Waals surface area contributed by atoms with Crippen LogP contribution in [0.3, 0.4) is 0 Å². The molecule has 1 N–H and O–H groups in total. The standard InChI is InChI=1S/C14H13BrFN3O/c1-19(2)12-4-3-5-17-13(12)18-14(20)9-6-10(15)8-11(16)7-9/h3-8H,1-2H3,(H,17,18,20). The molecule has 1 aromatic carbocycles. The first-order chi connectivity index (χ1) is 9.47. The third kappa shape index (κ3) is 3.33. The van der Waals surface area contributed by atoms with Crippen LogP contribution in [0.25, 0.3) is 0 Å². The van der Waals surface area contributed by atoms with E-state index in [1.807, 2.05) is 25.1 Å². The molecule has 2 aromatic rings. The number of rotatable bonds is 3. The number of pyridine rings is 1. The molecule has 0 fully saturated rings. The number of anilines is 2. The minimum atomic E-state index is -0.474. The Kier molecular flexibility index (Phi) is 4.34. The molecule has 1 heterocycles. The molecule has 4 nitrogen and oxygen atoms in total. The van der Waals surface area contributed by atoms with Crippen LogP contribution in [0.1, 0.15) is 10.4 Å². The summed E-state index contributed by atoms with van der Waals surface area (Å²) in [6.45, 7) is 0. The number of carbonyl (C=O) groups excluding carboxylic acids is 1. The molecule has 0 aliphatic rings. The van der Waals surface area contributed by atoms with E-state index in [1.165, 1.54) is 12.1 Å². The minimum absolute atomic E-state index is 0.229. The van der Waals surface area contributed by atoms with Gasteiger partial charge in [-0.25, -0.2) is 9.37 Å². The van der Waals surface area contributed by atoms with E-state index >= 15 is 0 Å². The van der Waals surface area contributed by atoms with Gasteiger partial charge in [-0.1, -0.05) is 15.9 Å². The predicted octanol–water partition coefficient (Wildman–Crippen LogP) is 3.30. The van der Waals surface area contributed by atoms with Crippen molar-refractivity contribution in [1.82, 2.24) is 4.98 Å². The quantitative estimate of drug-likeness (QED) is 0.934. The number of halogens is 2. The number of benzene rings is 1. The molecule has 0 radical (unpaired) electrons. The molecule has 0 saturated carbocycles. The van der Waals surface area contributed by atoms with Crippen LogP contribution in [-0.2, 0) is 0 Å². The van der Waals surface area contributed by atoms with Gasteiger partial charge in [0.15, 0.2) is 5.82 Å². The minimum Gasteiger partial charge on any atom is -0.375 e. The van der Waals surface area contributed by atoms with Gasteiger partial charge in [0.05, 0.1) is 5.69 Å². The maximum absolute atomic E-state index is 13.3. The van der Waals surface area contributed by atoms with Crippen molar-refractivity contribution in [3.8, 4) is 0 Å². The van der Waals surface area contributed by atoms with E-state index in [-0.39, 0.29) is 5.56 Å². The first-order valence-corrected chi connectivity index (χ1v) is 6.66. The Morgan fingerprint density at radius 3 is 2.75 bits per heavy atom. The average molecular weight is 338 g/mol. The van der Waals surface area contributed by atoms with Crippen molar-refractivity contribution in [3.63, 3.8) is 0 Å². The highest BCUT2D eigenvalue weighted by Gasteiger charge is 2.12. The van der Waals surface area contributed by atoms with E-state index in [4.69, 9.17) is 0 Å². The summed E-state index contributed by atoms with van der Waals surface area (Å²) in [5, 5.41) is 2.68. The highest BCUT2D eigenvalue weighted by Crippen LogP contribution is 2.22. The Balaban J connectivity index is 2.28. The van der Waals surface area contributed by atoms with Gasteiger partial charge in [0.25, 0.3) is 5.91 Å². The second-order valence-corrected chi connectivity index (χ2v) is 5.29. The van der Waals surface area contributed by atoms with Crippen molar-refractivity contribution in [2.24, 2.45) is 0 Å². The molecule has 6 heteroatoms. The van der Waals surface area contributed by atoms with Gasteiger partial charge in [0, 0.05) is 30.3 Å². The van der Waals surface area contributed by atoms with E-state index in [1.54, 1.807) is 18.3 Å². The van der Waals surface area contributed by atoms with E-state index in [2.05, 4.69) is 26.2 Å². The smallest absolute Gasteiger partial charge is 0.257 e. The predicted molar refractivity (Wildman–Crippen MR) is 80.6 cm³/mol. The van der Waals surface area contributed by atoms with Gasteiger partial charge in [-0.2, -0.15) is 0 Å². The van der Waals surface area contributed by atoms with Crippen LogP contribution in [0.2, 0.25) is 0 Å². The zero-order valence-corrected chi connectivity index (χ0v) is 12.6. The third-order valence-corrected chi connectivity index (χ3v) is 3.08. The topological polar surface area (TPSA) is 45.2 Å². The summed E-state index contributed by atoms with van der Waals surface area (Å²) in [5.74, 6) is -0.451. The molecule has 0 unspecified atom stereocenters. The zero-order valence-electron chi connectivity index (χ0n) is 11.0. The van der Waals surface area contributed by atoms with Gasteiger partial charge in [0.1, 0.15) is 5.82 Å². The highest BCUT2D eigenvalue weighted by molar-refractivity contribution is 9.10. The lowest BCUT2D eigenvalue weighted by molar-refractivity contribution is 0.102. The second kappa shape index (κ2) is 6.00. The molecule has 0 aliphatic heterocycles. The van der Waals surface area contributed by atoms with Crippen molar-refractivity contribution in [2.45, 2.75) is 0 Å². The number of hydrogen-bond donors (Lipinski definition) is 1. The van der Waals surface area contributed by atoms with Crippen molar-refractivity contribution in [1.29, 1.82) is 0 Å². The lowest BCUT2D eigenvalue weighted by atomic mass is 10.2. The van der Waals surface area contributed by atoms with Crippen LogP contribution >= 0.6 is 15.9 Å². The lowest BCUT2D eigenvalue weighted by Gasteiger charge is -2.16. The number of nitrogens with zero attached hydrogens (tertiary/aromatic N) is 2. The summed E-state index contributed by atoms with van der Waals surface area (Å²) in [6, 6.07) is 7.64. The summed E-state index contributed by atoms with van der Waals surface area (Å²) in [4.78, 5) is 18.1. The van der Waals surface area contributed by atoms with Crippen LogP contribution in [-0.4, -0.2) is 25.0 Å². The number of nitrogens with one attached hydrogen (secondary N) is 1. The lowest BCUT2D eigenvalue weighted by Crippen LogP contribution is -2.17. The molecule has 0 spiro atoms. The van der Waals surface area contributed by atoms with Gasteiger partial charge in [-0.05, 0) is 30.3 Å². The SMILES string of the molecule is CN(C)c1cccnc1NC(=O)c1cc(F)cc(Br)c1. The molecule has 0 bridgehead atoms. The molecular weight excluding hydrogens is 325 g/mol. The first kappa shape index (κ1) is 14.5. The Hall–Kier alpha value is -1.95. The molecule has 1 amide bonds. The largest absolute Gasteiger partial charge is 0.375 e. The number of aromatic nitrogens is 1. The maximum atomic E-state index is 13.3. The van der Waals surface area contributed by atoms with Crippen LogP contribution in [0.5, 0.6) is 0 Å². The molecule has 20 heavy (non-hydrogen) atoms. The number of amides is 1. The zero-order chi connectivity index (χ0) is 14.7.